The zero-order chi connectivity index (χ0) is 26.0. The fraction of sp³-hybridized carbons (Fsp3) is 0.867. The van der Waals surface area contributed by atoms with Crippen LogP contribution in [0, 0.1) is 50.2 Å². The SMILES string of the molecule is CC1(C(=O)O)CC[C@]2(C)CC[C@]3(C)C(=CC(=O)[C@H]4[C@@]3(C)[C@@H](O)CC3C(C)(C)[C@@H](O)CC[C@@]34C)[C@H]2C1. The number of carboxylic acids is 1. The molecule has 0 saturated heterocycles. The first kappa shape index (κ1) is 25.4. The monoisotopic (exact) mass is 486 g/mol. The van der Waals surface area contributed by atoms with Crippen molar-refractivity contribution in [1.29, 1.82) is 0 Å². The van der Waals surface area contributed by atoms with E-state index >= 15 is 0 Å². The number of carbonyl (C=O) groups excluding carboxylic acids is 1. The number of hydrogen-bond donors (Lipinski definition) is 3. The number of hydrogen-bond acceptors (Lipinski definition) is 4. The molecular formula is C30H46O5. The lowest BCUT2D eigenvalue weighted by Gasteiger charge is -2.71. The van der Waals surface area contributed by atoms with Gasteiger partial charge in [-0.05, 0) is 97.9 Å². The summed E-state index contributed by atoms with van der Waals surface area (Å²) < 4.78 is 0. The summed E-state index contributed by atoms with van der Waals surface area (Å²) in [5, 5.41) is 32.9. The van der Waals surface area contributed by atoms with Crippen molar-refractivity contribution >= 4 is 11.8 Å². The molecule has 4 fully saturated rings. The van der Waals surface area contributed by atoms with Crippen LogP contribution in [0.3, 0.4) is 0 Å². The molecule has 5 heteroatoms. The first-order chi connectivity index (χ1) is 16.0. The van der Waals surface area contributed by atoms with Crippen LogP contribution in [0.2, 0.25) is 0 Å². The number of aliphatic hydroxyl groups is 2. The van der Waals surface area contributed by atoms with Crippen molar-refractivity contribution in [2.24, 2.45) is 50.2 Å². The summed E-state index contributed by atoms with van der Waals surface area (Å²) in [5.74, 6) is -0.823. The second kappa shape index (κ2) is 7.22. The highest BCUT2D eigenvalue weighted by atomic mass is 16.4. The minimum absolute atomic E-state index is 0.00717. The van der Waals surface area contributed by atoms with Gasteiger partial charge in [0.05, 0.1) is 17.6 Å². The number of aliphatic hydroxyl groups excluding tert-OH is 2. The molecule has 0 amide bonds. The molecule has 4 saturated carbocycles. The van der Waals surface area contributed by atoms with Crippen molar-refractivity contribution in [1.82, 2.24) is 0 Å². The van der Waals surface area contributed by atoms with Gasteiger partial charge in [0.25, 0.3) is 0 Å². The highest BCUT2D eigenvalue weighted by Crippen LogP contribution is 2.75. The second-order valence-corrected chi connectivity index (χ2v) is 15.0. The molecule has 2 unspecified atom stereocenters. The van der Waals surface area contributed by atoms with E-state index in [1.807, 2.05) is 13.0 Å². The number of rotatable bonds is 1. The molecule has 5 rings (SSSR count). The number of carbonyl (C=O) groups is 2. The van der Waals surface area contributed by atoms with Gasteiger partial charge in [-0.15, -0.1) is 0 Å². The lowest BCUT2D eigenvalue weighted by Crippen LogP contribution is -2.70. The second-order valence-electron chi connectivity index (χ2n) is 15.0. The fourth-order valence-corrected chi connectivity index (χ4v) is 10.3. The predicted molar refractivity (Wildman–Crippen MR) is 134 cm³/mol. The third-order valence-corrected chi connectivity index (χ3v) is 13.2. The number of allylic oxidation sites excluding steroid dienone is 2. The third-order valence-electron chi connectivity index (χ3n) is 13.2. The lowest BCUT2D eigenvalue weighted by molar-refractivity contribution is -0.238. The summed E-state index contributed by atoms with van der Waals surface area (Å²) >= 11 is 0. The highest BCUT2D eigenvalue weighted by molar-refractivity contribution is 5.96. The van der Waals surface area contributed by atoms with Crippen LogP contribution in [0.1, 0.15) is 99.8 Å². The van der Waals surface area contributed by atoms with Crippen LogP contribution in [0.5, 0.6) is 0 Å². The molecule has 5 nitrogen and oxygen atoms in total. The third kappa shape index (κ3) is 2.94. The van der Waals surface area contributed by atoms with Crippen molar-refractivity contribution in [2.45, 2.75) is 112 Å². The quantitative estimate of drug-likeness (QED) is 0.462. The summed E-state index contributed by atoms with van der Waals surface area (Å²) in [6.07, 6.45) is 6.91. The van der Waals surface area contributed by atoms with Gasteiger partial charge >= 0.3 is 5.97 Å². The summed E-state index contributed by atoms with van der Waals surface area (Å²) in [6, 6.07) is 0. The normalized spacial score (nSPS) is 55.1. The molecule has 0 spiro atoms. The zero-order valence-electron chi connectivity index (χ0n) is 22.8. The van der Waals surface area contributed by atoms with Gasteiger partial charge in [0.15, 0.2) is 5.78 Å². The van der Waals surface area contributed by atoms with Crippen LogP contribution in [0.4, 0.5) is 0 Å². The van der Waals surface area contributed by atoms with Crippen LogP contribution in [-0.2, 0) is 9.59 Å². The molecular weight excluding hydrogens is 440 g/mol. The van der Waals surface area contributed by atoms with Gasteiger partial charge in [0, 0.05) is 11.3 Å². The van der Waals surface area contributed by atoms with Crippen molar-refractivity contribution in [3.8, 4) is 0 Å². The van der Waals surface area contributed by atoms with E-state index in [0.29, 0.717) is 25.7 Å². The average Bonchev–Trinajstić information content (AvgIpc) is 2.76. The van der Waals surface area contributed by atoms with Crippen molar-refractivity contribution < 1.29 is 24.9 Å². The molecule has 0 aliphatic heterocycles. The largest absolute Gasteiger partial charge is 0.481 e. The Kier molecular flexibility index (Phi) is 5.25. The minimum Gasteiger partial charge on any atom is -0.481 e. The van der Waals surface area contributed by atoms with Crippen LogP contribution < -0.4 is 0 Å². The molecule has 35 heavy (non-hydrogen) atoms. The Bertz CT molecular complexity index is 999. The molecule has 196 valence electrons. The van der Waals surface area contributed by atoms with Gasteiger partial charge in [-0.25, -0.2) is 0 Å². The number of ketones is 1. The van der Waals surface area contributed by atoms with E-state index in [0.717, 1.165) is 31.3 Å². The first-order valence-corrected chi connectivity index (χ1v) is 13.8. The Labute approximate surface area is 210 Å². The topological polar surface area (TPSA) is 94.8 Å². The lowest BCUT2D eigenvalue weighted by atomic mass is 9.33. The number of aliphatic carboxylic acids is 1. The van der Waals surface area contributed by atoms with Gasteiger partial charge in [-0.2, -0.15) is 0 Å². The zero-order valence-corrected chi connectivity index (χ0v) is 22.8. The molecule has 0 aromatic carbocycles. The van der Waals surface area contributed by atoms with E-state index in [1.165, 1.54) is 0 Å². The standard InChI is InChI=1S/C30H46O5/c1-25(2)20-15-22(33)30(7)23(28(20,5)9-8-21(25)32)19(31)14-17-18-16-27(4,24(34)35)11-10-26(18,3)12-13-29(17,30)6/h14,18,20-23,32-33H,8-13,15-16H2,1-7H3,(H,34,35)/t18-,20?,21+,22+,23-,26-,27?,28+,29-,30-/m1/s1. The Morgan fingerprint density at radius 3 is 2.17 bits per heavy atom. The van der Waals surface area contributed by atoms with E-state index in [1.54, 1.807) is 0 Å². The van der Waals surface area contributed by atoms with Crippen LogP contribution in [0.15, 0.2) is 11.6 Å². The summed E-state index contributed by atoms with van der Waals surface area (Å²) in [6.45, 7) is 15.0. The van der Waals surface area contributed by atoms with E-state index in [2.05, 4.69) is 41.5 Å². The maximum atomic E-state index is 14.2. The molecule has 5 aliphatic rings. The molecule has 10 atom stereocenters. The maximum absolute atomic E-state index is 14.2. The van der Waals surface area contributed by atoms with Crippen molar-refractivity contribution in [3.63, 3.8) is 0 Å². The predicted octanol–water partition coefficient (Wildman–Crippen LogP) is 5.38. The molecule has 3 N–H and O–H groups in total. The van der Waals surface area contributed by atoms with E-state index in [9.17, 15) is 24.9 Å². The highest BCUT2D eigenvalue weighted by Gasteiger charge is 2.72. The summed E-state index contributed by atoms with van der Waals surface area (Å²) in [4.78, 5) is 26.5. The summed E-state index contributed by atoms with van der Waals surface area (Å²) in [7, 11) is 0. The maximum Gasteiger partial charge on any atom is 0.309 e. The van der Waals surface area contributed by atoms with Crippen LogP contribution >= 0.6 is 0 Å². The van der Waals surface area contributed by atoms with Gasteiger partial charge < -0.3 is 15.3 Å². The summed E-state index contributed by atoms with van der Waals surface area (Å²) in [5.41, 5.74) is -1.31. The Morgan fingerprint density at radius 1 is 0.914 bits per heavy atom. The van der Waals surface area contributed by atoms with E-state index < -0.39 is 29.0 Å². The minimum atomic E-state index is -0.782. The van der Waals surface area contributed by atoms with Crippen molar-refractivity contribution in [3.05, 3.63) is 11.6 Å². The molecule has 0 aromatic rings. The fourth-order valence-electron chi connectivity index (χ4n) is 10.3. The van der Waals surface area contributed by atoms with Gasteiger partial charge in [0.2, 0.25) is 0 Å². The van der Waals surface area contributed by atoms with Crippen LogP contribution in [-0.4, -0.2) is 39.3 Å². The smallest absolute Gasteiger partial charge is 0.309 e. The van der Waals surface area contributed by atoms with Crippen molar-refractivity contribution in [2.75, 3.05) is 0 Å². The Morgan fingerprint density at radius 2 is 1.54 bits per heavy atom. The Balaban J connectivity index is 1.66. The Hall–Kier alpha value is -1.20. The molecule has 0 radical (unpaired) electrons. The van der Waals surface area contributed by atoms with E-state index in [-0.39, 0.29) is 45.2 Å². The molecule has 5 aliphatic carbocycles. The molecule has 0 aromatic heterocycles. The van der Waals surface area contributed by atoms with Gasteiger partial charge in [0.1, 0.15) is 0 Å². The molecule has 0 heterocycles. The van der Waals surface area contributed by atoms with Gasteiger partial charge in [-0.3, -0.25) is 9.59 Å². The number of carboxylic acid groups (broad SMARTS) is 1. The first-order valence-electron chi connectivity index (χ1n) is 13.8. The average molecular weight is 487 g/mol. The number of fused-ring (bicyclic) bond motifs is 7. The molecule has 0 bridgehead atoms. The van der Waals surface area contributed by atoms with Crippen LogP contribution in [0.25, 0.3) is 0 Å². The van der Waals surface area contributed by atoms with E-state index in [4.69, 9.17) is 0 Å². The van der Waals surface area contributed by atoms with Gasteiger partial charge in [-0.1, -0.05) is 47.1 Å².